The quantitative estimate of drug-likeness (QED) is 0.546. The Morgan fingerprint density at radius 1 is 1.09 bits per heavy atom. The standard InChI is InChI=1S/C4H7NO2.2C2H6/c1-4-5-7-3-2-6-4;2*1-2/h2-3H2,1H3;2*1-2H3. The minimum atomic E-state index is 0.581. The maximum Gasteiger partial charge on any atom is 0.222 e. The summed E-state index contributed by atoms with van der Waals surface area (Å²) < 4.78 is 4.90. The lowest BCUT2D eigenvalue weighted by Crippen LogP contribution is -2.12. The summed E-state index contributed by atoms with van der Waals surface area (Å²) in [5.74, 6) is 0.617. The van der Waals surface area contributed by atoms with Crippen molar-refractivity contribution in [2.75, 3.05) is 13.2 Å². The topological polar surface area (TPSA) is 30.8 Å². The van der Waals surface area contributed by atoms with Gasteiger partial charge in [0.05, 0.1) is 0 Å². The molecule has 0 aromatic carbocycles. The van der Waals surface area contributed by atoms with Crippen molar-refractivity contribution < 1.29 is 9.57 Å². The Morgan fingerprint density at radius 3 is 1.82 bits per heavy atom. The summed E-state index contributed by atoms with van der Waals surface area (Å²) in [5.41, 5.74) is 0. The first kappa shape index (κ1) is 12.9. The molecule has 1 aliphatic heterocycles. The van der Waals surface area contributed by atoms with Gasteiger partial charge in [0.25, 0.3) is 0 Å². The van der Waals surface area contributed by atoms with E-state index in [-0.39, 0.29) is 0 Å². The minimum absolute atomic E-state index is 0.581. The first-order chi connectivity index (χ1) is 5.39. The molecule has 0 saturated heterocycles. The molecule has 1 aliphatic rings. The van der Waals surface area contributed by atoms with Crippen molar-refractivity contribution in [1.29, 1.82) is 0 Å². The van der Waals surface area contributed by atoms with Crippen molar-refractivity contribution in [1.82, 2.24) is 0 Å². The highest BCUT2D eigenvalue weighted by Crippen LogP contribution is 1.90. The van der Waals surface area contributed by atoms with Crippen LogP contribution in [0, 0.1) is 0 Å². The Bertz CT molecular complexity index is 92.1. The second-order valence-corrected chi connectivity index (χ2v) is 1.29. The number of rotatable bonds is 0. The zero-order valence-electron chi connectivity index (χ0n) is 8.18. The lowest BCUT2D eigenvalue weighted by molar-refractivity contribution is 0.0639. The molecule has 0 aromatic rings. The highest BCUT2D eigenvalue weighted by molar-refractivity contribution is 5.72. The molecule has 0 fully saturated rings. The molecule has 0 atom stereocenters. The average Bonchev–Trinajstić information content (AvgIpc) is 2.13. The van der Waals surface area contributed by atoms with E-state index >= 15 is 0 Å². The highest BCUT2D eigenvalue weighted by atomic mass is 16.7. The number of hydrogen-bond acceptors (Lipinski definition) is 3. The van der Waals surface area contributed by atoms with Crippen LogP contribution in [0.25, 0.3) is 0 Å². The van der Waals surface area contributed by atoms with E-state index in [1.165, 1.54) is 0 Å². The van der Waals surface area contributed by atoms with Crippen LogP contribution in [0.1, 0.15) is 34.6 Å². The van der Waals surface area contributed by atoms with Crippen LogP contribution in [0.4, 0.5) is 0 Å². The van der Waals surface area contributed by atoms with Crippen LogP contribution in [0.2, 0.25) is 0 Å². The van der Waals surface area contributed by atoms with Gasteiger partial charge >= 0.3 is 0 Å². The van der Waals surface area contributed by atoms with E-state index in [1.54, 1.807) is 6.92 Å². The minimum Gasteiger partial charge on any atom is -0.475 e. The van der Waals surface area contributed by atoms with Gasteiger partial charge in [0.15, 0.2) is 6.61 Å². The molecule has 0 saturated carbocycles. The molecular formula is C8H19NO2. The van der Waals surface area contributed by atoms with Crippen molar-refractivity contribution in [3.05, 3.63) is 0 Å². The largest absolute Gasteiger partial charge is 0.475 e. The molecule has 3 nitrogen and oxygen atoms in total. The first-order valence-corrected chi connectivity index (χ1v) is 4.19. The summed E-state index contributed by atoms with van der Waals surface area (Å²) in [6, 6.07) is 0. The molecule has 0 aromatic heterocycles. The number of oxime groups is 1. The van der Waals surface area contributed by atoms with Crippen LogP contribution in [0.3, 0.4) is 0 Å². The van der Waals surface area contributed by atoms with Gasteiger partial charge in [0, 0.05) is 6.92 Å². The predicted molar refractivity (Wildman–Crippen MR) is 47.7 cm³/mol. The van der Waals surface area contributed by atoms with Gasteiger partial charge in [0.2, 0.25) is 5.90 Å². The van der Waals surface area contributed by atoms with E-state index in [1.807, 2.05) is 27.7 Å². The number of hydrogen-bond donors (Lipinski definition) is 0. The molecule has 1 heterocycles. The molecular weight excluding hydrogens is 142 g/mol. The predicted octanol–water partition coefficient (Wildman–Crippen LogP) is 2.42. The van der Waals surface area contributed by atoms with Gasteiger partial charge < -0.3 is 9.57 Å². The molecule has 0 bridgehead atoms. The Kier molecular flexibility index (Phi) is 14.1. The molecule has 68 valence electrons. The Hall–Kier alpha value is -0.730. The fourth-order valence-corrected chi connectivity index (χ4v) is 0.390. The second-order valence-electron chi connectivity index (χ2n) is 1.29. The zero-order chi connectivity index (χ0) is 9.11. The van der Waals surface area contributed by atoms with Gasteiger partial charge in [-0.15, -0.1) is 0 Å². The van der Waals surface area contributed by atoms with Crippen LogP contribution in [0.15, 0.2) is 5.16 Å². The van der Waals surface area contributed by atoms with Crippen LogP contribution < -0.4 is 0 Å². The molecule has 3 heteroatoms. The second kappa shape index (κ2) is 12.0. The van der Waals surface area contributed by atoms with Gasteiger partial charge in [-0.1, -0.05) is 32.9 Å². The van der Waals surface area contributed by atoms with Gasteiger partial charge in [-0.25, -0.2) is 0 Å². The third-order valence-corrected chi connectivity index (χ3v) is 0.679. The molecule has 0 aliphatic carbocycles. The summed E-state index contributed by atoms with van der Waals surface area (Å²) in [5, 5.41) is 3.52. The molecule has 0 N–H and O–H groups in total. The first-order valence-electron chi connectivity index (χ1n) is 4.19. The highest BCUT2D eigenvalue weighted by Gasteiger charge is 1.97. The summed E-state index contributed by atoms with van der Waals surface area (Å²) in [6.07, 6.45) is 0. The molecule has 0 radical (unpaired) electrons. The van der Waals surface area contributed by atoms with E-state index in [9.17, 15) is 0 Å². The van der Waals surface area contributed by atoms with Crippen LogP contribution >= 0.6 is 0 Å². The summed E-state index contributed by atoms with van der Waals surface area (Å²) >= 11 is 0. The van der Waals surface area contributed by atoms with E-state index in [4.69, 9.17) is 4.74 Å². The van der Waals surface area contributed by atoms with Crippen LogP contribution in [-0.2, 0) is 9.57 Å². The Morgan fingerprint density at radius 2 is 1.64 bits per heavy atom. The Balaban J connectivity index is 0. The van der Waals surface area contributed by atoms with Crippen LogP contribution in [0.5, 0.6) is 0 Å². The van der Waals surface area contributed by atoms with E-state index < -0.39 is 0 Å². The molecule has 0 amide bonds. The van der Waals surface area contributed by atoms with Crippen molar-refractivity contribution in [3.8, 4) is 0 Å². The number of nitrogens with zero attached hydrogens (tertiary/aromatic N) is 1. The van der Waals surface area contributed by atoms with E-state index in [2.05, 4.69) is 9.99 Å². The lowest BCUT2D eigenvalue weighted by Gasteiger charge is -2.08. The lowest BCUT2D eigenvalue weighted by atomic mass is 10.7. The molecule has 0 spiro atoms. The summed E-state index contributed by atoms with van der Waals surface area (Å²) in [7, 11) is 0. The van der Waals surface area contributed by atoms with E-state index in [0.717, 1.165) is 0 Å². The SMILES string of the molecule is CC.CC.CC1=NOCCO1. The van der Waals surface area contributed by atoms with Gasteiger partial charge in [-0.3, -0.25) is 0 Å². The van der Waals surface area contributed by atoms with Gasteiger partial charge in [-0.05, 0) is 0 Å². The maximum absolute atomic E-state index is 4.90. The third-order valence-electron chi connectivity index (χ3n) is 0.679. The normalized spacial score (nSPS) is 13.4. The van der Waals surface area contributed by atoms with Crippen molar-refractivity contribution >= 4 is 5.90 Å². The smallest absolute Gasteiger partial charge is 0.222 e. The molecule has 0 unspecified atom stereocenters. The van der Waals surface area contributed by atoms with Crippen molar-refractivity contribution in [2.45, 2.75) is 34.6 Å². The molecule has 11 heavy (non-hydrogen) atoms. The Labute approximate surface area is 69.4 Å². The van der Waals surface area contributed by atoms with E-state index in [0.29, 0.717) is 19.1 Å². The monoisotopic (exact) mass is 161 g/mol. The van der Waals surface area contributed by atoms with Crippen LogP contribution in [-0.4, -0.2) is 19.1 Å². The van der Waals surface area contributed by atoms with Crippen molar-refractivity contribution in [3.63, 3.8) is 0 Å². The zero-order valence-corrected chi connectivity index (χ0v) is 8.18. The van der Waals surface area contributed by atoms with Gasteiger partial charge in [0.1, 0.15) is 6.61 Å². The third kappa shape index (κ3) is 9.27. The fraction of sp³-hybridized carbons (Fsp3) is 0.875. The summed E-state index contributed by atoms with van der Waals surface area (Å²) in [4.78, 5) is 4.64. The van der Waals surface area contributed by atoms with Gasteiger partial charge in [-0.2, -0.15) is 0 Å². The molecule has 1 rings (SSSR count). The fourth-order valence-electron chi connectivity index (χ4n) is 0.390. The number of ether oxygens (including phenoxy) is 1. The average molecular weight is 161 g/mol. The van der Waals surface area contributed by atoms with Crippen molar-refractivity contribution in [2.24, 2.45) is 5.16 Å². The maximum atomic E-state index is 4.90. The summed E-state index contributed by atoms with van der Waals surface area (Å²) in [6.45, 7) is 11.0.